The van der Waals surface area contributed by atoms with Crippen LogP contribution in [0.1, 0.15) is 26.6 Å². The third-order valence-electron chi connectivity index (χ3n) is 2.39. The molecule has 2 nitrogen and oxygen atoms in total. The molecule has 0 radical (unpaired) electrons. The minimum atomic E-state index is 0.0909. The van der Waals surface area contributed by atoms with E-state index in [1.807, 2.05) is 43.5 Å². The van der Waals surface area contributed by atoms with Crippen LogP contribution >= 0.6 is 11.3 Å². The zero-order chi connectivity index (χ0) is 11.5. The number of carbonyl (C=O) groups excluding carboxylic acids is 1. The number of hydrogen-bond acceptors (Lipinski definition) is 3. The lowest BCUT2D eigenvalue weighted by atomic mass is 10.1. The second-order valence-corrected chi connectivity index (χ2v) is 4.90. The van der Waals surface area contributed by atoms with E-state index in [0.29, 0.717) is 12.1 Å². The molecule has 16 heavy (non-hydrogen) atoms. The molecule has 0 amide bonds. The molecule has 0 unspecified atom stereocenters. The molecule has 82 valence electrons. The van der Waals surface area contributed by atoms with E-state index >= 15 is 0 Å². The van der Waals surface area contributed by atoms with Crippen LogP contribution in [-0.2, 0) is 6.42 Å². The summed E-state index contributed by atoms with van der Waals surface area (Å²) in [5.41, 5.74) is 2.84. The van der Waals surface area contributed by atoms with Crippen molar-refractivity contribution in [2.24, 2.45) is 0 Å². The van der Waals surface area contributed by atoms with Crippen molar-refractivity contribution in [3.05, 3.63) is 51.5 Å². The predicted molar refractivity (Wildman–Crippen MR) is 66.1 cm³/mol. The van der Waals surface area contributed by atoms with Crippen LogP contribution in [0.3, 0.4) is 0 Å². The predicted octanol–water partition coefficient (Wildman–Crippen LogP) is 3.19. The smallest absolute Gasteiger partial charge is 0.186 e. The number of aromatic nitrogens is 1. The maximum atomic E-state index is 11.9. The Morgan fingerprint density at radius 1 is 1.25 bits per heavy atom. The maximum absolute atomic E-state index is 11.9. The summed E-state index contributed by atoms with van der Waals surface area (Å²) in [7, 11) is 0. The second-order valence-electron chi connectivity index (χ2n) is 3.84. The van der Waals surface area contributed by atoms with Gasteiger partial charge in [-0.25, -0.2) is 4.98 Å². The molecule has 2 aromatic rings. The van der Waals surface area contributed by atoms with Crippen molar-refractivity contribution in [3.8, 4) is 0 Å². The van der Waals surface area contributed by atoms with Crippen molar-refractivity contribution < 1.29 is 4.79 Å². The Kier molecular flexibility index (Phi) is 3.15. The molecule has 3 heteroatoms. The molecule has 0 spiro atoms. The average molecular weight is 231 g/mol. The van der Waals surface area contributed by atoms with E-state index in [2.05, 4.69) is 4.98 Å². The van der Waals surface area contributed by atoms with E-state index in [-0.39, 0.29) is 5.78 Å². The summed E-state index contributed by atoms with van der Waals surface area (Å²) in [5, 5.41) is 2.76. The van der Waals surface area contributed by atoms with Gasteiger partial charge < -0.3 is 0 Å². The van der Waals surface area contributed by atoms with Gasteiger partial charge in [-0.2, -0.15) is 0 Å². The second kappa shape index (κ2) is 4.58. The molecule has 1 aromatic carbocycles. The zero-order valence-corrected chi connectivity index (χ0v) is 10.2. The van der Waals surface area contributed by atoms with Crippen LogP contribution < -0.4 is 0 Å². The third-order valence-corrected chi connectivity index (χ3v) is 3.16. The van der Waals surface area contributed by atoms with Crippen LogP contribution in [-0.4, -0.2) is 10.8 Å². The van der Waals surface area contributed by atoms with Crippen LogP contribution in [0.5, 0.6) is 0 Å². The number of thiazole rings is 1. The third kappa shape index (κ3) is 2.55. The number of nitrogens with zero attached hydrogens (tertiary/aromatic N) is 1. The lowest BCUT2D eigenvalue weighted by Gasteiger charge is -1.99. The monoisotopic (exact) mass is 231 g/mol. The fraction of sp³-hybridized carbons (Fsp3) is 0.231. The first-order chi connectivity index (χ1) is 7.65. The summed E-state index contributed by atoms with van der Waals surface area (Å²) in [6, 6.07) is 8.03. The van der Waals surface area contributed by atoms with Gasteiger partial charge in [-0.3, -0.25) is 4.79 Å². The van der Waals surface area contributed by atoms with Crippen LogP contribution in [0.25, 0.3) is 0 Å². The normalized spacial score (nSPS) is 10.4. The van der Waals surface area contributed by atoms with Crippen molar-refractivity contribution >= 4 is 17.1 Å². The summed E-state index contributed by atoms with van der Waals surface area (Å²) < 4.78 is 0. The molecule has 1 heterocycles. The average Bonchev–Trinajstić information content (AvgIpc) is 2.68. The van der Waals surface area contributed by atoms with Gasteiger partial charge >= 0.3 is 0 Å². The van der Waals surface area contributed by atoms with Gasteiger partial charge in [0.2, 0.25) is 0 Å². The highest BCUT2D eigenvalue weighted by molar-refractivity contribution is 7.09. The first-order valence-electron chi connectivity index (χ1n) is 5.16. The highest BCUT2D eigenvalue weighted by atomic mass is 32.1. The van der Waals surface area contributed by atoms with Gasteiger partial charge in [-0.1, -0.05) is 29.8 Å². The molecule has 0 saturated heterocycles. The molecule has 0 saturated carbocycles. The fourth-order valence-electron chi connectivity index (χ4n) is 1.47. The number of aryl methyl sites for hydroxylation is 2. The molecule has 1 aromatic heterocycles. The largest absolute Gasteiger partial charge is 0.292 e. The summed E-state index contributed by atoms with van der Waals surface area (Å²) >= 11 is 1.51. The number of rotatable bonds is 3. The Morgan fingerprint density at radius 2 is 1.94 bits per heavy atom. The Balaban J connectivity index is 2.10. The van der Waals surface area contributed by atoms with Crippen LogP contribution in [0.15, 0.2) is 29.6 Å². The molecule has 0 aliphatic carbocycles. The SMILES string of the molecule is Cc1ccc(CC(=O)c2csc(C)n2)cc1. The van der Waals surface area contributed by atoms with Crippen molar-refractivity contribution in [1.29, 1.82) is 0 Å². The lowest BCUT2D eigenvalue weighted by Crippen LogP contribution is -2.03. The number of ketones is 1. The summed E-state index contributed by atoms with van der Waals surface area (Å²) in [4.78, 5) is 16.0. The molecule has 2 rings (SSSR count). The van der Waals surface area contributed by atoms with E-state index in [1.165, 1.54) is 16.9 Å². The van der Waals surface area contributed by atoms with Crippen molar-refractivity contribution in [2.45, 2.75) is 20.3 Å². The van der Waals surface area contributed by atoms with E-state index in [9.17, 15) is 4.79 Å². The zero-order valence-electron chi connectivity index (χ0n) is 9.36. The van der Waals surface area contributed by atoms with Crippen molar-refractivity contribution in [2.75, 3.05) is 0 Å². The van der Waals surface area contributed by atoms with Crippen molar-refractivity contribution in [1.82, 2.24) is 4.98 Å². The first-order valence-corrected chi connectivity index (χ1v) is 6.04. The van der Waals surface area contributed by atoms with Crippen LogP contribution in [0.2, 0.25) is 0 Å². The Hall–Kier alpha value is -1.48. The fourth-order valence-corrected chi connectivity index (χ4v) is 2.09. The molecular weight excluding hydrogens is 218 g/mol. The van der Waals surface area contributed by atoms with Gasteiger partial charge in [-0.05, 0) is 19.4 Å². The van der Waals surface area contributed by atoms with E-state index < -0.39 is 0 Å². The summed E-state index contributed by atoms with van der Waals surface area (Å²) in [6.45, 7) is 3.95. The molecule has 0 fully saturated rings. The summed E-state index contributed by atoms with van der Waals surface area (Å²) in [5.74, 6) is 0.0909. The number of benzene rings is 1. The summed E-state index contributed by atoms with van der Waals surface area (Å²) in [6.07, 6.45) is 0.434. The van der Waals surface area contributed by atoms with Gasteiger partial charge in [0.1, 0.15) is 5.69 Å². The Labute approximate surface area is 99.0 Å². The number of carbonyl (C=O) groups is 1. The van der Waals surface area contributed by atoms with E-state index in [0.717, 1.165) is 10.6 Å². The van der Waals surface area contributed by atoms with Crippen LogP contribution in [0, 0.1) is 13.8 Å². The van der Waals surface area contributed by atoms with Gasteiger partial charge in [0, 0.05) is 11.8 Å². The van der Waals surface area contributed by atoms with Crippen molar-refractivity contribution in [3.63, 3.8) is 0 Å². The number of Topliss-reactive ketones (excluding diaryl/α,β-unsaturated/α-hetero) is 1. The van der Waals surface area contributed by atoms with Crippen LogP contribution in [0.4, 0.5) is 0 Å². The molecule has 0 bridgehead atoms. The first kappa shape index (κ1) is 11.0. The lowest BCUT2D eigenvalue weighted by molar-refractivity contribution is 0.0989. The maximum Gasteiger partial charge on any atom is 0.186 e. The standard InChI is InChI=1S/C13H13NOS/c1-9-3-5-11(6-4-9)7-13(15)12-8-16-10(2)14-12/h3-6,8H,7H2,1-2H3. The van der Waals surface area contributed by atoms with E-state index in [4.69, 9.17) is 0 Å². The van der Waals surface area contributed by atoms with Gasteiger partial charge in [0.15, 0.2) is 5.78 Å². The molecule has 0 N–H and O–H groups in total. The highest BCUT2D eigenvalue weighted by Crippen LogP contribution is 2.12. The Bertz CT molecular complexity index is 499. The van der Waals surface area contributed by atoms with Gasteiger partial charge in [0.25, 0.3) is 0 Å². The topological polar surface area (TPSA) is 30.0 Å². The quantitative estimate of drug-likeness (QED) is 0.759. The molecule has 0 aliphatic heterocycles. The molecule has 0 atom stereocenters. The van der Waals surface area contributed by atoms with Gasteiger partial charge in [0.05, 0.1) is 5.01 Å². The van der Waals surface area contributed by atoms with E-state index in [1.54, 1.807) is 0 Å². The minimum Gasteiger partial charge on any atom is -0.292 e. The minimum absolute atomic E-state index is 0.0909. The highest BCUT2D eigenvalue weighted by Gasteiger charge is 2.09. The molecular formula is C13H13NOS. The Morgan fingerprint density at radius 3 is 2.50 bits per heavy atom. The van der Waals surface area contributed by atoms with Gasteiger partial charge in [-0.15, -0.1) is 11.3 Å². The molecule has 0 aliphatic rings. The number of hydrogen-bond donors (Lipinski definition) is 0.